The van der Waals surface area contributed by atoms with Crippen molar-refractivity contribution in [2.75, 3.05) is 5.32 Å². The van der Waals surface area contributed by atoms with Crippen molar-refractivity contribution in [3.05, 3.63) is 81.8 Å². The first kappa shape index (κ1) is 28.7. The molecule has 4 N–H and O–H groups in total. The molecule has 38 heavy (non-hydrogen) atoms. The minimum absolute atomic E-state index is 0.250. The van der Waals surface area contributed by atoms with E-state index in [1.807, 2.05) is 0 Å². The molecular formula is C21H15F6N2O8P. The Labute approximate surface area is 208 Å². The van der Waals surface area contributed by atoms with E-state index in [2.05, 4.69) is 19.6 Å². The minimum Gasteiger partial charge on any atom is -0.457 e. The van der Waals surface area contributed by atoms with Gasteiger partial charge in [0, 0.05) is 6.20 Å². The standard InChI is InChI=1S/C21H15F6N2O8P/c22-20(23,24)11-1-6-14(17(9-11)36-12-2-4-13(5-3-12)37-21(25,26)27)19(31)29-16-7-8-28-18(30)15(16)10-35-38(32,33)34/h1-9H,10H2,(H2,32,33,34)(H2,28,29,30,31). The third-order valence-electron chi connectivity index (χ3n) is 4.53. The molecule has 1 heterocycles. The molecule has 17 heteroatoms. The van der Waals surface area contributed by atoms with Gasteiger partial charge in [-0.1, -0.05) is 0 Å². The van der Waals surface area contributed by atoms with Crippen LogP contribution in [0.5, 0.6) is 17.2 Å². The SMILES string of the molecule is O=C(Nc1cc[nH]c(=O)c1COP(=O)(O)O)c1ccc(C(F)(F)F)cc1Oc1ccc(OC(F)(F)F)cc1. The highest BCUT2D eigenvalue weighted by Gasteiger charge is 2.33. The molecule has 2 aromatic carbocycles. The van der Waals surface area contributed by atoms with Crippen molar-refractivity contribution in [3.8, 4) is 17.2 Å². The van der Waals surface area contributed by atoms with E-state index in [0.717, 1.165) is 42.6 Å². The van der Waals surface area contributed by atoms with E-state index in [1.165, 1.54) is 0 Å². The topological polar surface area (TPSA) is 147 Å². The summed E-state index contributed by atoms with van der Waals surface area (Å²) in [5.74, 6) is -2.64. The number of anilines is 1. The molecule has 0 spiro atoms. The zero-order valence-electron chi connectivity index (χ0n) is 18.5. The average Bonchev–Trinajstić information content (AvgIpc) is 2.77. The Morgan fingerprint density at radius 2 is 1.61 bits per heavy atom. The maximum Gasteiger partial charge on any atom is 0.573 e. The van der Waals surface area contributed by atoms with Crippen molar-refractivity contribution in [1.29, 1.82) is 0 Å². The zero-order chi connectivity index (χ0) is 28.3. The number of hydrogen-bond acceptors (Lipinski definition) is 6. The number of carbonyl (C=O) groups excluding carboxylic acids is 1. The summed E-state index contributed by atoms with van der Waals surface area (Å²) in [6.45, 7) is -0.932. The van der Waals surface area contributed by atoms with Crippen molar-refractivity contribution in [2.45, 2.75) is 19.1 Å². The van der Waals surface area contributed by atoms with Gasteiger partial charge < -0.3 is 29.6 Å². The van der Waals surface area contributed by atoms with Crippen LogP contribution >= 0.6 is 7.82 Å². The number of amides is 1. The number of H-pyrrole nitrogens is 1. The van der Waals surface area contributed by atoms with Gasteiger partial charge in [-0.15, -0.1) is 13.2 Å². The fourth-order valence-electron chi connectivity index (χ4n) is 2.92. The molecule has 1 amide bonds. The summed E-state index contributed by atoms with van der Waals surface area (Å²) in [6.07, 6.45) is -8.76. The molecule has 204 valence electrons. The highest BCUT2D eigenvalue weighted by atomic mass is 31.2. The second-order valence-corrected chi connectivity index (χ2v) is 8.49. The van der Waals surface area contributed by atoms with E-state index < -0.39 is 66.6 Å². The van der Waals surface area contributed by atoms with Gasteiger partial charge in [-0.2, -0.15) is 13.2 Å². The molecule has 3 rings (SSSR count). The summed E-state index contributed by atoms with van der Waals surface area (Å²) in [7, 11) is -5.01. The molecular weight excluding hydrogens is 553 g/mol. The molecule has 1 aromatic heterocycles. The Bertz CT molecular complexity index is 1420. The molecule has 0 saturated carbocycles. The minimum atomic E-state index is -5.01. The maximum absolute atomic E-state index is 13.3. The Morgan fingerprint density at radius 3 is 2.18 bits per heavy atom. The predicted octanol–water partition coefficient (Wildman–Crippen LogP) is 4.95. The van der Waals surface area contributed by atoms with Crippen molar-refractivity contribution in [3.63, 3.8) is 0 Å². The summed E-state index contributed by atoms with van der Waals surface area (Å²) < 4.78 is 101. The number of hydrogen-bond donors (Lipinski definition) is 4. The summed E-state index contributed by atoms with van der Waals surface area (Å²) in [6, 6.07) is 6.51. The molecule has 3 aromatic rings. The van der Waals surface area contributed by atoms with E-state index in [-0.39, 0.29) is 11.4 Å². The largest absolute Gasteiger partial charge is 0.573 e. The number of nitrogens with one attached hydrogen (secondary N) is 2. The monoisotopic (exact) mass is 568 g/mol. The Balaban J connectivity index is 1.94. The molecule has 10 nitrogen and oxygen atoms in total. The molecule has 0 unspecified atom stereocenters. The van der Waals surface area contributed by atoms with Crippen LogP contribution < -0.4 is 20.3 Å². The first-order valence-corrected chi connectivity index (χ1v) is 11.5. The number of benzene rings is 2. The normalized spacial score (nSPS) is 12.2. The highest BCUT2D eigenvalue weighted by Crippen LogP contribution is 2.38. The molecule has 0 fully saturated rings. The second kappa shape index (κ2) is 10.9. The van der Waals surface area contributed by atoms with Crippen LogP contribution in [0.2, 0.25) is 0 Å². The van der Waals surface area contributed by atoms with Crippen molar-refractivity contribution >= 4 is 19.4 Å². The van der Waals surface area contributed by atoms with Crippen LogP contribution in [0, 0.1) is 0 Å². The van der Waals surface area contributed by atoms with Crippen LogP contribution in [0.25, 0.3) is 0 Å². The van der Waals surface area contributed by atoms with Gasteiger partial charge in [-0.05, 0) is 48.5 Å². The fraction of sp³-hybridized carbons (Fsp3) is 0.143. The van der Waals surface area contributed by atoms with Gasteiger partial charge >= 0.3 is 20.4 Å². The molecule has 0 aliphatic heterocycles. The number of phosphoric ester groups is 1. The maximum atomic E-state index is 13.3. The first-order valence-electron chi connectivity index (χ1n) is 9.99. The summed E-state index contributed by atoms with van der Waals surface area (Å²) in [5, 5.41) is 2.23. The number of ether oxygens (including phenoxy) is 2. The average molecular weight is 568 g/mol. The molecule has 0 radical (unpaired) electrons. The first-order chi connectivity index (χ1) is 17.5. The lowest BCUT2D eigenvalue weighted by Gasteiger charge is -2.16. The number of rotatable bonds is 8. The zero-order valence-corrected chi connectivity index (χ0v) is 19.4. The lowest BCUT2D eigenvalue weighted by atomic mass is 10.1. The van der Waals surface area contributed by atoms with E-state index in [9.17, 15) is 40.5 Å². The van der Waals surface area contributed by atoms with Crippen LogP contribution in [0.3, 0.4) is 0 Å². The number of pyridine rings is 1. The number of aromatic nitrogens is 1. The molecule has 0 aliphatic rings. The number of aromatic amines is 1. The second-order valence-electron chi connectivity index (χ2n) is 7.25. The van der Waals surface area contributed by atoms with Gasteiger partial charge in [0.25, 0.3) is 11.5 Å². The van der Waals surface area contributed by atoms with Gasteiger partial charge in [0.2, 0.25) is 0 Å². The Hall–Kier alpha value is -3.85. The van der Waals surface area contributed by atoms with Crippen LogP contribution in [-0.4, -0.2) is 27.0 Å². The molecule has 0 saturated heterocycles. The van der Waals surface area contributed by atoms with Crippen molar-refractivity contribution in [2.24, 2.45) is 0 Å². The van der Waals surface area contributed by atoms with E-state index >= 15 is 0 Å². The third kappa shape index (κ3) is 8.08. The van der Waals surface area contributed by atoms with Crippen LogP contribution in [-0.2, 0) is 21.9 Å². The fourth-order valence-corrected chi connectivity index (χ4v) is 3.21. The van der Waals surface area contributed by atoms with Crippen LogP contribution in [0.15, 0.2) is 59.5 Å². The lowest BCUT2D eigenvalue weighted by Crippen LogP contribution is -2.20. The van der Waals surface area contributed by atoms with Crippen LogP contribution in [0.1, 0.15) is 21.5 Å². The number of alkyl halides is 6. The summed E-state index contributed by atoms with van der Waals surface area (Å²) in [5.41, 5.74) is -3.30. The molecule has 0 bridgehead atoms. The van der Waals surface area contributed by atoms with Crippen molar-refractivity contribution in [1.82, 2.24) is 4.98 Å². The van der Waals surface area contributed by atoms with E-state index in [4.69, 9.17) is 14.5 Å². The van der Waals surface area contributed by atoms with Gasteiger partial charge in [0.05, 0.1) is 29.0 Å². The predicted molar refractivity (Wildman–Crippen MR) is 116 cm³/mol. The quantitative estimate of drug-likeness (QED) is 0.221. The van der Waals surface area contributed by atoms with Crippen LogP contribution in [0.4, 0.5) is 32.0 Å². The van der Waals surface area contributed by atoms with Gasteiger partial charge in [0.15, 0.2) is 0 Å². The van der Waals surface area contributed by atoms with E-state index in [1.54, 1.807) is 0 Å². The molecule has 0 atom stereocenters. The Morgan fingerprint density at radius 1 is 0.974 bits per heavy atom. The number of halogens is 6. The smallest absolute Gasteiger partial charge is 0.457 e. The van der Waals surface area contributed by atoms with Gasteiger partial charge in [-0.3, -0.25) is 14.1 Å². The summed E-state index contributed by atoms with van der Waals surface area (Å²) >= 11 is 0. The van der Waals surface area contributed by atoms with Crippen molar-refractivity contribution < 1.29 is 59.5 Å². The van der Waals surface area contributed by atoms with Gasteiger partial charge in [-0.25, -0.2) is 4.57 Å². The number of carbonyl (C=O) groups is 1. The van der Waals surface area contributed by atoms with E-state index in [0.29, 0.717) is 12.1 Å². The third-order valence-corrected chi connectivity index (χ3v) is 4.99. The Kier molecular flexibility index (Phi) is 8.21. The van der Waals surface area contributed by atoms with Gasteiger partial charge in [0.1, 0.15) is 17.2 Å². The highest BCUT2D eigenvalue weighted by molar-refractivity contribution is 7.46. The lowest BCUT2D eigenvalue weighted by molar-refractivity contribution is -0.274. The number of phosphoric acid groups is 1. The molecule has 0 aliphatic carbocycles. The summed E-state index contributed by atoms with van der Waals surface area (Å²) in [4.78, 5) is 45.0.